The molecule has 148 valence electrons. The molecular weight excluding hydrogens is 395 g/mol. The summed E-state index contributed by atoms with van der Waals surface area (Å²) in [6.07, 6.45) is 1.53. The van der Waals surface area contributed by atoms with Crippen molar-refractivity contribution in [3.05, 3.63) is 74.3 Å². The van der Waals surface area contributed by atoms with Gasteiger partial charge in [-0.1, -0.05) is 41.4 Å². The summed E-state index contributed by atoms with van der Waals surface area (Å²) in [7, 11) is 0. The van der Waals surface area contributed by atoms with Crippen LogP contribution in [0.1, 0.15) is 47.3 Å². The van der Waals surface area contributed by atoms with Crippen LogP contribution in [0.2, 0.25) is 10.0 Å². The molecule has 0 bridgehead atoms. The highest BCUT2D eigenvalue weighted by Crippen LogP contribution is 2.45. The summed E-state index contributed by atoms with van der Waals surface area (Å²) in [5.41, 5.74) is 6.39. The lowest BCUT2D eigenvalue weighted by Crippen LogP contribution is -2.25. The average molecular weight is 419 g/mol. The Labute approximate surface area is 176 Å². The molecule has 0 fully saturated rings. The number of rotatable bonds is 6. The fourth-order valence-corrected chi connectivity index (χ4v) is 4.32. The summed E-state index contributed by atoms with van der Waals surface area (Å²) in [6, 6.07) is 7.52. The minimum atomic E-state index is -0.328. The van der Waals surface area contributed by atoms with Crippen molar-refractivity contribution in [2.75, 3.05) is 0 Å². The maximum absolute atomic E-state index is 11.2. The first-order valence-electron chi connectivity index (χ1n) is 9.27. The van der Waals surface area contributed by atoms with Gasteiger partial charge in [0.1, 0.15) is 18.5 Å². The molecule has 0 spiro atoms. The molecule has 0 N–H and O–H groups in total. The Kier molecular flexibility index (Phi) is 6.36. The first kappa shape index (κ1) is 20.8. The zero-order valence-corrected chi connectivity index (χ0v) is 17.9. The summed E-state index contributed by atoms with van der Waals surface area (Å²) in [5, 5.41) is 1.02. The van der Waals surface area contributed by atoms with E-state index in [0.717, 1.165) is 46.4 Å². The van der Waals surface area contributed by atoms with Gasteiger partial charge in [-0.15, -0.1) is 0 Å². The van der Waals surface area contributed by atoms with Gasteiger partial charge in [0.2, 0.25) is 0 Å². The van der Waals surface area contributed by atoms with Crippen molar-refractivity contribution in [1.29, 1.82) is 0 Å². The van der Waals surface area contributed by atoms with Gasteiger partial charge in [0.15, 0.2) is 0 Å². The molecule has 0 aliphatic heterocycles. The Morgan fingerprint density at radius 3 is 2.64 bits per heavy atom. The van der Waals surface area contributed by atoms with Crippen molar-refractivity contribution in [3.63, 3.8) is 0 Å². The van der Waals surface area contributed by atoms with Gasteiger partial charge in [0.25, 0.3) is 6.47 Å². The second-order valence-corrected chi connectivity index (χ2v) is 8.20. The van der Waals surface area contributed by atoms with Crippen molar-refractivity contribution in [3.8, 4) is 5.75 Å². The van der Waals surface area contributed by atoms with E-state index < -0.39 is 0 Å². The zero-order chi connectivity index (χ0) is 20.4. The number of carbonyl (C=O) groups excluding carboxylic acids is 1. The Bertz CT molecular complexity index is 921. The number of carbonyl (C=O) groups is 1. The lowest BCUT2D eigenvalue weighted by molar-refractivity contribution is -0.136. The Morgan fingerprint density at radius 2 is 2.00 bits per heavy atom. The standard InChI is InChI=1S/C23H24Cl2O3/c1-13(2)17-6-7-18-14(3)9-21(15(4)22(18)23(17)28-12-26)27-11-16-5-8-19(24)20(25)10-16/h5,8-10,12,17,23H,1,6-7,11H2,2-4H3/t17-,23+/m0/s1. The molecule has 3 nitrogen and oxygen atoms in total. The molecular formula is C23H24Cl2O3. The number of aryl methyl sites for hydroxylation is 1. The van der Waals surface area contributed by atoms with E-state index in [1.165, 1.54) is 5.56 Å². The van der Waals surface area contributed by atoms with Crippen LogP contribution in [0.25, 0.3) is 0 Å². The predicted octanol–water partition coefficient (Wildman–Crippen LogP) is 6.54. The molecule has 0 aromatic heterocycles. The number of hydrogen-bond donors (Lipinski definition) is 0. The van der Waals surface area contributed by atoms with E-state index in [1.807, 2.05) is 19.9 Å². The van der Waals surface area contributed by atoms with Gasteiger partial charge in [-0.25, -0.2) is 0 Å². The molecule has 5 heteroatoms. The summed E-state index contributed by atoms with van der Waals surface area (Å²) < 4.78 is 11.7. The average Bonchev–Trinajstić information content (AvgIpc) is 2.66. The van der Waals surface area contributed by atoms with E-state index in [0.29, 0.717) is 23.1 Å². The minimum absolute atomic E-state index is 0.112. The zero-order valence-electron chi connectivity index (χ0n) is 16.4. The van der Waals surface area contributed by atoms with Crippen LogP contribution in [-0.4, -0.2) is 6.47 Å². The number of benzene rings is 2. The van der Waals surface area contributed by atoms with E-state index >= 15 is 0 Å². The third-order valence-electron chi connectivity index (χ3n) is 5.49. The lowest BCUT2D eigenvalue weighted by Gasteiger charge is -2.35. The van der Waals surface area contributed by atoms with Crippen molar-refractivity contribution in [2.24, 2.45) is 5.92 Å². The van der Waals surface area contributed by atoms with Crippen LogP contribution in [0.3, 0.4) is 0 Å². The van der Waals surface area contributed by atoms with E-state index in [2.05, 4.69) is 19.6 Å². The molecule has 28 heavy (non-hydrogen) atoms. The van der Waals surface area contributed by atoms with Crippen LogP contribution in [0.4, 0.5) is 0 Å². The Balaban J connectivity index is 1.96. The van der Waals surface area contributed by atoms with Gasteiger partial charge < -0.3 is 9.47 Å². The van der Waals surface area contributed by atoms with Gasteiger partial charge in [0.05, 0.1) is 10.0 Å². The Hall–Kier alpha value is -1.97. The quantitative estimate of drug-likeness (QED) is 0.394. The first-order chi connectivity index (χ1) is 13.3. The maximum atomic E-state index is 11.2. The second-order valence-electron chi connectivity index (χ2n) is 7.39. The van der Waals surface area contributed by atoms with Gasteiger partial charge in [0, 0.05) is 11.5 Å². The number of ether oxygens (including phenoxy) is 2. The molecule has 3 rings (SSSR count). The van der Waals surface area contributed by atoms with Crippen LogP contribution in [0.5, 0.6) is 5.75 Å². The summed E-state index contributed by atoms with van der Waals surface area (Å²) in [4.78, 5) is 11.2. The highest BCUT2D eigenvalue weighted by Gasteiger charge is 2.34. The molecule has 0 saturated carbocycles. The van der Waals surface area contributed by atoms with Crippen molar-refractivity contribution in [1.82, 2.24) is 0 Å². The normalized spacial score (nSPS) is 18.3. The smallest absolute Gasteiger partial charge is 0.293 e. The third-order valence-corrected chi connectivity index (χ3v) is 6.23. The van der Waals surface area contributed by atoms with Gasteiger partial charge in [-0.3, -0.25) is 4.79 Å². The fourth-order valence-electron chi connectivity index (χ4n) is 4.00. The minimum Gasteiger partial charge on any atom is -0.489 e. The molecule has 2 aromatic rings. The van der Waals surface area contributed by atoms with E-state index in [-0.39, 0.29) is 12.0 Å². The molecule has 0 heterocycles. The first-order valence-corrected chi connectivity index (χ1v) is 10.0. The van der Waals surface area contributed by atoms with Gasteiger partial charge in [-0.2, -0.15) is 0 Å². The molecule has 0 amide bonds. The maximum Gasteiger partial charge on any atom is 0.293 e. The van der Waals surface area contributed by atoms with Crippen molar-refractivity contribution in [2.45, 2.75) is 46.3 Å². The predicted molar refractivity (Wildman–Crippen MR) is 113 cm³/mol. The van der Waals surface area contributed by atoms with Crippen LogP contribution in [0.15, 0.2) is 36.4 Å². The van der Waals surface area contributed by atoms with Gasteiger partial charge >= 0.3 is 0 Å². The monoisotopic (exact) mass is 418 g/mol. The highest BCUT2D eigenvalue weighted by molar-refractivity contribution is 6.42. The summed E-state index contributed by atoms with van der Waals surface area (Å²) >= 11 is 12.1. The molecule has 1 aliphatic carbocycles. The van der Waals surface area contributed by atoms with Crippen LogP contribution >= 0.6 is 23.2 Å². The fraction of sp³-hybridized carbons (Fsp3) is 0.348. The summed E-state index contributed by atoms with van der Waals surface area (Å²) in [5.74, 6) is 0.894. The lowest BCUT2D eigenvalue weighted by atomic mass is 9.75. The molecule has 2 atom stereocenters. The molecule has 0 radical (unpaired) electrons. The number of fused-ring (bicyclic) bond motifs is 1. The van der Waals surface area contributed by atoms with Crippen LogP contribution < -0.4 is 4.74 Å². The molecule has 0 saturated heterocycles. The highest BCUT2D eigenvalue weighted by atomic mass is 35.5. The SMILES string of the molecule is C=C(C)[C@@H]1CCc2c(C)cc(OCc3ccc(Cl)c(Cl)c3)c(C)c2[C@@H]1OC=O. The summed E-state index contributed by atoms with van der Waals surface area (Å²) in [6.45, 7) is 11.1. The van der Waals surface area contributed by atoms with E-state index in [4.69, 9.17) is 32.7 Å². The molecule has 0 unspecified atom stereocenters. The van der Waals surface area contributed by atoms with Crippen molar-refractivity contribution < 1.29 is 14.3 Å². The van der Waals surface area contributed by atoms with Crippen LogP contribution in [-0.2, 0) is 22.6 Å². The Morgan fingerprint density at radius 1 is 1.25 bits per heavy atom. The van der Waals surface area contributed by atoms with Crippen molar-refractivity contribution >= 4 is 29.7 Å². The third kappa shape index (κ3) is 4.06. The molecule has 2 aromatic carbocycles. The van der Waals surface area contributed by atoms with E-state index in [9.17, 15) is 4.79 Å². The number of hydrogen-bond acceptors (Lipinski definition) is 3. The van der Waals surface area contributed by atoms with Gasteiger partial charge in [-0.05, 0) is 74.1 Å². The second kappa shape index (κ2) is 8.59. The topological polar surface area (TPSA) is 35.5 Å². The van der Waals surface area contributed by atoms with E-state index in [1.54, 1.807) is 12.1 Å². The van der Waals surface area contributed by atoms with Crippen LogP contribution in [0, 0.1) is 19.8 Å². The largest absolute Gasteiger partial charge is 0.489 e. The number of halogens is 2. The molecule has 1 aliphatic rings.